The Morgan fingerprint density at radius 1 is 1.24 bits per heavy atom. The quantitative estimate of drug-likeness (QED) is 0.890. The van der Waals surface area contributed by atoms with Crippen LogP contribution in [0.2, 0.25) is 0 Å². The van der Waals surface area contributed by atoms with Crippen molar-refractivity contribution in [2.24, 2.45) is 11.8 Å². The van der Waals surface area contributed by atoms with E-state index in [1.54, 1.807) is 0 Å². The predicted molar refractivity (Wildman–Crippen MR) is 87.7 cm³/mol. The third-order valence-electron chi connectivity index (χ3n) is 5.18. The molecule has 1 aromatic carbocycles. The van der Waals surface area contributed by atoms with Crippen LogP contribution in [-0.4, -0.2) is 12.1 Å². The van der Waals surface area contributed by atoms with Gasteiger partial charge in [-0.2, -0.15) is 0 Å². The van der Waals surface area contributed by atoms with Crippen molar-refractivity contribution >= 4 is 0 Å². The van der Waals surface area contributed by atoms with E-state index in [0.717, 1.165) is 37.1 Å². The van der Waals surface area contributed by atoms with Crippen LogP contribution in [0, 0.1) is 11.8 Å². The van der Waals surface area contributed by atoms with Crippen LogP contribution in [0.15, 0.2) is 18.2 Å². The van der Waals surface area contributed by atoms with Gasteiger partial charge < -0.3 is 10.1 Å². The number of ether oxygens (including phenoxy) is 1. The first-order valence-electron chi connectivity index (χ1n) is 8.56. The van der Waals surface area contributed by atoms with Crippen LogP contribution in [0.25, 0.3) is 0 Å². The summed E-state index contributed by atoms with van der Waals surface area (Å²) in [5, 5.41) is 3.68. The Hall–Kier alpha value is -1.02. The minimum atomic E-state index is -0.0453. The molecule has 0 radical (unpaired) electrons. The summed E-state index contributed by atoms with van der Waals surface area (Å²) in [7, 11) is 0. The molecule has 0 amide bonds. The van der Waals surface area contributed by atoms with Gasteiger partial charge in [-0.3, -0.25) is 0 Å². The number of hydrogen-bond donors (Lipinski definition) is 1. The van der Waals surface area contributed by atoms with Crippen LogP contribution in [-0.2, 0) is 13.0 Å². The van der Waals surface area contributed by atoms with E-state index in [1.165, 1.54) is 36.8 Å². The molecule has 0 aromatic heterocycles. The molecule has 2 atom stereocenters. The summed E-state index contributed by atoms with van der Waals surface area (Å²) >= 11 is 0. The highest BCUT2D eigenvalue weighted by atomic mass is 16.5. The molecule has 1 N–H and O–H groups in total. The van der Waals surface area contributed by atoms with Crippen molar-refractivity contribution in [2.75, 3.05) is 6.54 Å². The van der Waals surface area contributed by atoms with Gasteiger partial charge in [0.25, 0.3) is 0 Å². The van der Waals surface area contributed by atoms with E-state index >= 15 is 0 Å². The largest absolute Gasteiger partial charge is 0.487 e. The number of rotatable bonds is 4. The van der Waals surface area contributed by atoms with E-state index in [9.17, 15) is 0 Å². The average molecular weight is 287 g/mol. The number of para-hydroxylation sites is 1. The smallest absolute Gasteiger partial charge is 0.127 e. The molecule has 21 heavy (non-hydrogen) atoms. The van der Waals surface area contributed by atoms with Crippen molar-refractivity contribution in [1.29, 1.82) is 0 Å². The standard InChI is InChI=1S/C19H29NO/c1-14-7-4-5-8-16(14)12-20-13-17-10-6-9-15-11-19(2,3)21-18(15)17/h6,9-10,14,16,20H,4-5,7-8,11-13H2,1-3H3. The van der Waals surface area contributed by atoms with Crippen LogP contribution in [0.4, 0.5) is 0 Å². The summed E-state index contributed by atoms with van der Waals surface area (Å²) in [6.07, 6.45) is 6.66. The third kappa shape index (κ3) is 3.42. The molecule has 2 heteroatoms. The fourth-order valence-electron chi connectivity index (χ4n) is 3.91. The molecule has 1 aliphatic heterocycles. The first-order valence-corrected chi connectivity index (χ1v) is 8.56. The minimum Gasteiger partial charge on any atom is -0.487 e. The van der Waals surface area contributed by atoms with Gasteiger partial charge in [-0.05, 0) is 44.2 Å². The molecular weight excluding hydrogens is 258 g/mol. The van der Waals surface area contributed by atoms with Gasteiger partial charge in [0.05, 0.1) is 0 Å². The Kier molecular flexibility index (Phi) is 4.26. The molecule has 0 spiro atoms. The Balaban J connectivity index is 1.58. The second-order valence-electron chi connectivity index (χ2n) is 7.60. The first kappa shape index (κ1) is 14.9. The van der Waals surface area contributed by atoms with E-state index < -0.39 is 0 Å². The van der Waals surface area contributed by atoms with Crippen molar-refractivity contribution in [3.63, 3.8) is 0 Å². The van der Waals surface area contributed by atoms with Crippen molar-refractivity contribution in [1.82, 2.24) is 5.32 Å². The normalized spacial score (nSPS) is 27.2. The van der Waals surface area contributed by atoms with Gasteiger partial charge in [-0.1, -0.05) is 44.4 Å². The molecule has 0 bridgehead atoms. The van der Waals surface area contributed by atoms with Crippen molar-refractivity contribution in [3.05, 3.63) is 29.3 Å². The zero-order chi connectivity index (χ0) is 14.9. The molecule has 3 rings (SSSR count). The molecule has 1 aromatic rings. The molecule has 2 aliphatic rings. The van der Waals surface area contributed by atoms with Crippen LogP contribution >= 0.6 is 0 Å². The van der Waals surface area contributed by atoms with Crippen LogP contribution in [0.5, 0.6) is 5.75 Å². The highest BCUT2D eigenvalue weighted by Crippen LogP contribution is 2.37. The first-order chi connectivity index (χ1) is 10.1. The lowest BCUT2D eigenvalue weighted by molar-refractivity contribution is 0.137. The summed E-state index contributed by atoms with van der Waals surface area (Å²) in [5.41, 5.74) is 2.64. The number of benzene rings is 1. The zero-order valence-corrected chi connectivity index (χ0v) is 13.7. The van der Waals surface area contributed by atoms with Crippen molar-refractivity contribution in [3.8, 4) is 5.75 Å². The lowest BCUT2D eigenvalue weighted by Gasteiger charge is -2.29. The van der Waals surface area contributed by atoms with Crippen LogP contribution in [0.3, 0.4) is 0 Å². The Labute approximate surface area is 129 Å². The van der Waals surface area contributed by atoms with Gasteiger partial charge in [-0.15, -0.1) is 0 Å². The van der Waals surface area contributed by atoms with E-state index in [0.29, 0.717) is 0 Å². The maximum absolute atomic E-state index is 6.15. The van der Waals surface area contributed by atoms with E-state index in [1.807, 2.05) is 0 Å². The van der Waals surface area contributed by atoms with Gasteiger partial charge in [0.2, 0.25) is 0 Å². The monoisotopic (exact) mass is 287 g/mol. The Morgan fingerprint density at radius 2 is 2.05 bits per heavy atom. The van der Waals surface area contributed by atoms with Gasteiger partial charge in [-0.25, -0.2) is 0 Å². The summed E-state index contributed by atoms with van der Waals surface area (Å²) in [6, 6.07) is 6.58. The molecule has 1 aliphatic carbocycles. The van der Waals surface area contributed by atoms with Gasteiger partial charge in [0, 0.05) is 18.5 Å². The van der Waals surface area contributed by atoms with Crippen molar-refractivity contribution < 1.29 is 4.74 Å². The molecule has 0 saturated heterocycles. The molecule has 2 nitrogen and oxygen atoms in total. The van der Waals surface area contributed by atoms with Gasteiger partial charge >= 0.3 is 0 Å². The van der Waals surface area contributed by atoms with Gasteiger partial charge in [0.15, 0.2) is 0 Å². The van der Waals surface area contributed by atoms with E-state index in [-0.39, 0.29) is 5.60 Å². The number of nitrogens with one attached hydrogen (secondary N) is 1. The second kappa shape index (κ2) is 6.00. The third-order valence-corrected chi connectivity index (χ3v) is 5.18. The molecule has 116 valence electrons. The van der Waals surface area contributed by atoms with E-state index in [2.05, 4.69) is 44.3 Å². The molecule has 1 heterocycles. The summed E-state index contributed by atoms with van der Waals surface area (Å²) < 4.78 is 6.15. The van der Waals surface area contributed by atoms with Crippen LogP contribution in [0.1, 0.15) is 57.6 Å². The molecular formula is C19H29NO. The molecule has 2 unspecified atom stereocenters. The number of fused-ring (bicyclic) bond motifs is 1. The topological polar surface area (TPSA) is 21.3 Å². The Morgan fingerprint density at radius 3 is 2.86 bits per heavy atom. The fourth-order valence-corrected chi connectivity index (χ4v) is 3.91. The second-order valence-corrected chi connectivity index (χ2v) is 7.60. The Bertz CT molecular complexity index is 494. The zero-order valence-electron chi connectivity index (χ0n) is 13.7. The predicted octanol–water partition coefficient (Wildman–Crippen LogP) is 4.32. The van der Waals surface area contributed by atoms with Gasteiger partial charge in [0.1, 0.15) is 11.4 Å². The fraction of sp³-hybridized carbons (Fsp3) is 0.684. The highest BCUT2D eigenvalue weighted by Gasteiger charge is 2.31. The van der Waals surface area contributed by atoms with Crippen molar-refractivity contribution in [2.45, 2.75) is 65.0 Å². The number of hydrogen-bond acceptors (Lipinski definition) is 2. The maximum atomic E-state index is 6.15. The summed E-state index contributed by atoms with van der Waals surface area (Å²) in [4.78, 5) is 0. The minimum absolute atomic E-state index is 0.0453. The average Bonchev–Trinajstić information content (AvgIpc) is 2.76. The maximum Gasteiger partial charge on any atom is 0.127 e. The summed E-state index contributed by atoms with van der Waals surface area (Å²) in [6.45, 7) is 8.84. The SMILES string of the molecule is CC1CCCCC1CNCc1cccc2c1OC(C)(C)C2. The van der Waals surface area contributed by atoms with E-state index in [4.69, 9.17) is 4.74 Å². The molecule has 1 saturated carbocycles. The van der Waals surface area contributed by atoms with Crippen LogP contribution < -0.4 is 10.1 Å². The highest BCUT2D eigenvalue weighted by molar-refractivity contribution is 5.45. The lowest BCUT2D eigenvalue weighted by Crippen LogP contribution is -2.29. The lowest BCUT2D eigenvalue weighted by atomic mass is 9.80. The molecule has 1 fully saturated rings. The summed E-state index contributed by atoms with van der Waals surface area (Å²) in [5.74, 6) is 2.86.